The first-order valence-electron chi connectivity index (χ1n) is 13.5. The second-order valence-corrected chi connectivity index (χ2v) is 10.4. The standard InChI is InChI=1S/C29H42N4O3/c1-22(5-3-6-23(2)33-15-17-36-18-16-33)26(19-28(34)35)21-32-14-12-24(20-32)8-10-27-11-9-25-7-4-13-30-29(25)31-27/h3,5-6,9,11,24,26H,1,4,7-8,10,12-21H2,2H3,(H,30,31)(H,34,35)/b5-3-,23-6+/t24-,26-/m1/s1. The largest absolute Gasteiger partial charge is 0.481 e. The molecule has 3 aliphatic heterocycles. The molecule has 2 fully saturated rings. The number of carbonyl (C=O) groups is 1. The lowest BCUT2D eigenvalue weighted by atomic mass is 9.95. The monoisotopic (exact) mass is 494 g/mol. The minimum absolute atomic E-state index is 0.0806. The summed E-state index contributed by atoms with van der Waals surface area (Å²) in [6.07, 6.45) is 11.8. The molecule has 36 heavy (non-hydrogen) atoms. The molecule has 0 amide bonds. The Kier molecular flexibility index (Phi) is 9.59. The average Bonchev–Trinajstić information content (AvgIpc) is 3.34. The van der Waals surface area contributed by atoms with Crippen LogP contribution in [0.25, 0.3) is 0 Å². The van der Waals surface area contributed by atoms with Gasteiger partial charge in [-0.3, -0.25) is 4.79 Å². The molecule has 7 heteroatoms. The van der Waals surface area contributed by atoms with Crippen LogP contribution in [0.15, 0.2) is 48.2 Å². The highest BCUT2D eigenvalue weighted by Gasteiger charge is 2.26. The number of carboxylic acid groups (broad SMARTS) is 1. The summed E-state index contributed by atoms with van der Waals surface area (Å²) >= 11 is 0. The zero-order valence-corrected chi connectivity index (χ0v) is 21.8. The molecule has 0 radical (unpaired) electrons. The summed E-state index contributed by atoms with van der Waals surface area (Å²) in [7, 11) is 0. The van der Waals surface area contributed by atoms with E-state index in [-0.39, 0.29) is 12.3 Å². The number of nitrogens with zero attached hydrogens (tertiary/aromatic N) is 3. The molecule has 0 aliphatic carbocycles. The number of aromatic nitrogens is 1. The van der Waals surface area contributed by atoms with Gasteiger partial charge in [-0.15, -0.1) is 0 Å². The number of anilines is 1. The summed E-state index contributed by atoms with van der Waals surface area (Å²) in [5.74, 6) is 0.856. The fourth-order valence-corrected chi connectivity index (χ4v) is 5.48. The van der Waals surface area contributed by atoms with Gasteiger partial charge in [0.25, 0.3) is 0 Å². The number of ether oxygens (including phenoxy) is 1. The van der Waals surface area contributed by atoms with Crippen LogP contribution in [-0.2, 0) is 22.4 Å². The maximum Gasteiger partial charge on any atom is 0.304 e. The average molecular weight is 495 g/mol. The van der Waals surface area contributed by atoms with Gasteiger partial charge >= 0.3 is 5.97 Å². The van der Waals surface area contributed by atoms with Crippen LogP contribution < -0.4 is 5.32 Å². The molecule has 1 aromatic heterocycles. The fourth-order valence-electron chi connectivity index (χ4n) is 5.48. The Morgan fingerprint density at radius 1 is 1.33 bits per heavy atom. The number of pyridine rings is 1. The minimum Gasteiger partial charge on any atom is -0.481 e. The van der Waals surface area contributed by atoms with Gasteiger partial charge in [0.2, 0.25) is 0 Å². The van der Waals surface area contributed by atoms with Gasteiger partial charge < -0.3 is 25.0 Å². The number of likely N-dealkylation sites (tertiary alicyclic amines) is 1. The maximum atomic E-state index is 11.6. The highest BCUT2D eigenvalue weighted by molar-refractivity contribution is 5.67. The number of fused-ring (bicyclic) bond motifs is 1. The number of morpholine rings is 1. The maximum absolute atomic E-state index is 11.6. The zero-order valence-electron chi connectivity index (χ0n) is 21.8. The SMILES string of the molecule is C=C(/C=C\C=C(/C)N1CCOCC1)[C@H](CC(=O)O)CN1CC[C@@H](CCc2ccc3c(n2)NCCC3)C1. The van der Waals surface area contributed by atoms with E-state index in [9.17, 15) is 9.90 Å². The van der Waals surface area contributed by atoms with E-state index in [2.05, 4.69) is 46.8 Å². The van der Waals surface area contributed by atoms with E-state index in [0.29, 0.717) is 5.92 Å². The molecule has 7 nitrogen and oxygen atoms in total. The van der Waals surface area contributed by atoms with E-state index < -0.39 is 5.97 Å². The van der Waals surface area contributed by atoms with Gasteiger partial charge in [0, 0.05) is 50.0 Å². The van der Waals surface area contributed by atoms with Crippen molar-refractivity contribution in [3.05, 3.63) is 59.5 Å². The lowest BCUT2D eigenvalue weighted by molar-refractivity contribution is -0.137. The summed E-state index contributed by atoms with van der Waals surface area (Å²) in [6.45, 7) is 13.5. The van der Waals surface area contributed by atoms with Crippen LogP contribution in [0.4, 0.5) is 5.82 Å². The van der Waals surface area contributed by atoms with Crippen molar-refractivity contribution >= 4 is 11.8 Å². The first kappa shape index (κ1) is 26.4. The highest BCUT2D eigenvalue weighted by atomic mass is 16.5. The quantitative estimate of drug-likeness (QED) is 0.448. The molecular weight excluding hydrogens is 452 g/mol. The van der Waals surface area contributed by atoms with Crippen molar-refractivity contribution in [2.24, 2.45) is 11.8 Å². The number of aliphatic carboxylic acids is 1. The molecule has 4 rings (SSSR count). The highest BCUT2D eigenvalue weighted by Crippen LogP contribution is 2.26. The second-order valence-electron chi connectivity index (χ2n) is 10.4. The third-order valence-corrected chi connectivity index (χ3v) is 7.71. The molecule has 2 saturated heterocycles. The van der Waals surface area contributed by atoms with E-state index >= 15 is 0 Å². The van der Waals surface area contributed by atoms with E-state index in [4.69, 9.17) is 9.72 Å². The van der Waals surface area contributed by atoms with Crippen LogP contribution in [0, 0.1) is 11.8 Å². The first-order chi connectivity index (χ1) is 17.5. The topological polar surface area (TPSA) is 77.9 Å². The Morgan fingerprint density at radius 2 is 2.17 bits per heavy atom. The zero-order chi connectivity index (χ0) is 25.3. The normalized spacial score (nSPS) is 21.9. The summed E-state index contributed by atoms with van der Waals surface area (Å²) < 4.78 is 5.42. The van der Waals surface area contributed by atoms with Gasteiger partial charge in [-0.25, -0.2) is 4.98 Å². The van der Waals surface area contributed by atoms with E-state index in [0.717, 1.165) is 89.6 Å². The molecular formula is C29H42N4O3. The number of aryl methyl sites for hydroxylation is 2. The Bertz CT molecular complexity index is 967. The number of hydrogen-bond acceptors (Lipinski definition) is 6. The summed E-state index contributed by atoms with van der Waals surface area (Å²) in [5, 5.41) is 12.9. The molecule has 196 valence electrons. The fraction of sp³-hybridized carbons (Fsp3) is 0.586. The van der Waals surface area contributed by atoms with E-state index in [1.54, 1.807) is 0 Å². The molecule has 1 aromatic rings. The van der Waals surface area contributed by atoms with Crippen molar-refractivity contribution in [1.29, 1.82) is 0 Å². The van der Waals surface area contributed by atoms with Crippen molar-refractivity contribution < 1.29 is 14.6 Å². The van der Waals surface area contributed by atoms with Crippen molar-refractivity contribution in [3.8, 4) is 0 Å². The third-order valence-electron chi connectivity index (χ3n) is 7.71. The van der Waals surface area contributed by atoms with Crippen molar-refractivity contribution in [3.63, 3.8) is 0 Å². The Hall–Kier alpha value is -2.64. The van der Waals surface area contributed by atoms with Crippen LogP contribution in [0.1, 0.15) is 43.9 Å². The minimum atomic E-state index is -0.766. The molecule has 2 atom stereocenters. The predicted octanol–water partition coefficient (Wildman–Crippen LogP) is 4.13. The molecule has 0 aromatic carbocycles. The van der Waals surface area contributed by atoms with Crippen LogP contribution in [0.2, 0.25) is 0 Å². The molecule has 2 N–H and O–H groups in total. The Balaban J connectivity index is 1.26. The first-order valence-corrected chi connectivity index (χ1v) is 13.5. The van der Waals surface area contributed by atoms with Crippen molar-refractivity contribution in [2.45, 2.75) is 45.4 Å². The van der Waals surface area contributed by atoms with Crippen LogP contribution in [0.3, 0.4) is 0 Å². The van der Waals surface area contributed by atoms with Crippen molar-refractivity contribution in [2.75, 3.05) is 57.8 Å². The molecule has 0 spiro atoms. The summed E-state index contributed by atoms with van der Waals surface area (Å²) in [5.41, 5.74) is 4.59. The number of rotatable bonds is 11. The number of hydrogen-bond donors (Lipinski definition) is 2. The van der Waals surface area contributed by atoms with E-state index in [1.807, 2.05) is 12.2 Å². The number of carboxylic acids is 1. The van der Waals surface area contributed by atoms with Gasteiger partial charge in [-0.05, 0) is 69.2 Å². The molecule has 4 heterocycles. The predicted molar refractivity (Wildman–Crippen MR) is 144 cm³/mol. The van der Waals surface area contributed by atoms with Gasteiger partial charge in [0.1, 0.15) is 5.82 Å². The molecule has 0 bridgehead atoms. The Labute approximate surface area is 215 Å². The lowest BCUT2D eigenvalue weighted by Crippen LogP contribution is -2.34. The molecule has 3 aliphatic rings. The van der Waals surface area contributed by atoms with Gasteiger partial charge in [0.05, 0.1) is 19.6 Å². The van der Waals surface area contributed by atoms with Gasteiger partial charge in [-0.1, -0.05) is 30.4 Å². The smallest absolute Gasteiger partial charge is 0.304 e. The van der Waals surface area contributed by atoms with Gasteiger partial charge in [0.15, 0.2) is 0 Å². The van der Waals surface area contributed by atoms with Gasteiger partial charge in [-0.2, -0.15) is 0 Å². The molecule has 0 unspecified atom stereocenters. The lowest BCUT2D eigenvalue weighted by Gasteiger charge is -2.29. The number of allylic oxidation sites excluding steroid dienone is 4. The van der Waals surface area contributed by atoms with Crippen LogP contribution in [0.5, 0.6) is 0 Å². The van der Waals surface area contributed by atoms with Crippen LogP contribution >= 0.6 is 0 Å². The second kappa shape index (κ2) is 13.1. The Morgan fingerprint density at radius 3 is 2.97 bits per heavy atom. The molecule has 0 saturated carbocycles. The van der Waals surface area contributed by atoms with E-state index in [1.165, 1.54) is 23.4 Å². The summed E-state index contributed by atoms with van der Waals surface area (Å²) in [4.78, 5) is 21.2. The van der Waals surface area contributed by atoms with Crippen LogP contribution in [-0.4, -0.2) is 78.3 Å². The van der Waals surface area contributed by atoms with Crippen molar-refractivity contribution in [1.82, 2.24) is 14.8 Å². The number of nitrogens with one attached hydrogen (secondary N) is 1. The summed E-state index contributed by atoms with van der Waals surface area (Å²) in [6, 6.07) is 4.42. The third kappa shape index (κ3) is 7.68.